The molecule has 2 aromatic carbocycles. The van der Waals surface area contributed by atoms with Crippen LogP contribution in [0.2, 0.25) is 5.02 Å². The predicted molar refractivity (Wildman–Crippen MR) is 79.6 cm³/mol. The van der Waals surface area contributed by atoms with Crippen LogP contribution in [-0.2, 0) is 6.54 Å². The van der Waals surface area contributed by atoms with Crippen molar-refractivity contribution in [3.05, 3.63) is 57.5 Å². The van der Waals surface area contributed by atoms with Crippen LogP contribution in [0.3, 0.4) is 0 Å². The van der Waals surface area contributed by atoms with Crippen LogP contribution in [0.1, 0.15) is 5.56 Å². The van der Waals surface area contributed by atoms with Crippen molar-refractivity contribution in [2.45, 2.75) is 13.2 Å². The Bertz CT molecular complexity index is 578. The van der Waals surface area contributed by atoms with Gasteiger partial charge in [0.2, 0.25) is 0 Å². The van der Waals surface area contributed by atoms with E-state index in [0.717, 1.165) is 15.7 Å². The summed E-state index contributed by atoms with van der Waals surface area (Å²) in [5, 5.41) is 3.30. The molecule has 106 valence electrons. The average molecular weight is 363 g/mol. The molecule has 20 heavy (non-hydrogen) atoms. The maximum atomic E-state index is 12.1. The molecule has 6 heteroatoms. The highest BCUT2D eigenvalue weighted by Gasteiger charge is 2.08. The lowest BCUT2D eigenvalue weighted by Gasteiger charge is -2.10. The van der Waals surface area contributed by atoms with E-state index in [-0.39, 0.29) is 10.8 Å². The maximum Gasteiger partial charge on any atom is 0.387 e. The molecule has 0 fully saturated rings. The molecule has 2 rings (SSSR count). The fourth-order valence-electron chi connectivity index (χ4n) is 1.61. The first kappa shape index (κ1) is 15.1. The molecule has 2 aromatic rings. The van der Waals surface area contributed by atoms with Crippen LogP contribution in [0, 0.1) is 0 Å². The second kappa shape index (κ2) is 6.90. The molecular formula is C14H11BrClF2NO. The fourth-order valence-corrected chi connectivity index (χ4v) is 2.10. The van der Waals surface area contributed by atoms with Gasteiger partial charge in [0.1, 0.15) is 5.75 Å². The van der Waals surface area contributed by atoms with Crippen molar-refractivity contribution in [3.8, 4) is 5.75 Å². The SMILES string of the molecule is FC(F)Oc1ccc(NCc2ccc(Br)cc2)cc1Cl. The van der Waals surface area contributed by atoms with Gasteiger partial charge in [-0.05, 0) is 35.9 Å². The summed E-state index contributed by atoms with van der Waals surface area (Å²) in [5.41, 5.74) is 1.83. The number of alkyl halides is 2. The maximum absolute atomic E-state index is 12.1. The molecule has 0 aliphatic carbocycles. The minimum absolute atomic E-state index is 0.0316. The van der Waals surface area contributed by atoms with E-state index in [1.807, 2.05) is 24.3 Å². The summed E-state index contributed by atoms with van der Waals surface area (Å²) in [5.74, 6) is -0.0316. The van der Waals surface area contributed by atoms with Gasteiger partial charge in [0, 0.05) is 16.7 Å². The minimum Gasteiger partial charge on any atom is -0.433 e. The van der Waals surface area contributed by atoms with Crippen molar-refractivity contribution in [2.75, 3.05) is 5.32 Å². The zero-order valence-electron chi connectivity index (χ0n) is 10.2. The number of hydrogen-bond donors (Lipinski definition) is 1. The summed E-state index contributed by atoms with van der Waals surface area (Å²) in [6.07, 6.45) is 0. The lowest BCUT2D eigenvalue weighted by Crippen LogP contribution is -2.03. The first-order valence-corrected chi connectivity index (χ1v) is 6.94. The van der Waals surface area contributed by atoms with E-state index in [0.29, 0.717) is 6.54 Å². The van der Waals surface area contributed by atoms with E-state index in [1.165, 1.54) is 6.07 Å². The van der Waals surface area contributed by atoms with E-state index < -0.39 is 6.61 Å². The van der Waals surface area contributed by atoms with Gasteiger partial charge in [0.15, 0.2) is 0 Å². The normalized spacial score (nSPS) is 10.7. The molecule has 0 radical (unpaired) electrons. The Kier molecular flexibility index (Phi) is 5.20. The predicted octanol–water partition coefficient (Wildman–Crippen LogP) is 5.32. The van der Waals surface area contributed by atoms with Gasteiger partial charge >= 0.3 is 6.61 Å². The van der Waals surface area contributed by atoms with E-state index in [1.54, 1.807) is 12.1 Å². The molecule has 0 heterocycles. The summed E-state index contributed by atoms with van der Waals surface area (Å²) in [4.78, 5) is 0. The first-order valence-electron chi connectivity index (χ1n) is 5.77. The van der Waals surface area contributed by atoms with E-state index in [9.17, 15) is 8.78 Å². The average Bonchev–Trinajstić information content (AvgIpc) is 2.40. The van der Waals surface area contributed by atoms with Crippen molar-refractivity contribution in [3.63, 3.8) is 0 Å². The van der Waals surface area contributed by atoms with Crippen molar-refractivity contribution in [2.24, 2.45) is 0 Å². The molecule has 0 aromatic heterocycles. The monoisotopic (exact) mass is 361 g/mol. The topological polar surface area (TPSA) is 21.3 Å². The van der Waals surface area contributed by atoms with Crippen LogP contribution in [-0.4, -0.2) is 6.61 Å². The first-order chi connectivity index (χ1) is 9.54. The van der Waals surface area contributed by atoms with E-state index in [2.05, 4.69) is 26.0 Å². The van der Waals surface area contributed by atoms with Crippen molar-refractivity contribution < 1.29 is 13.5 Å². The highest BCUT2D eigenvalue weighted by molar-refractivity contribution is 9.10. The Hall–Kier alpha value is -1.33. The largest absolute Gasteiger partial charge is 0.433 e. The molecule has 0 unspecified atom stereocenters. The van der Waals surface area contributed by atoms with Gasteiger partial charge in [-0.1, -0.05) is 39.7 Å². The molecule has 0 amide bonds. The Morgan fingerprint density at radius 3 is 2.45 bits per heavy atom. The molecule has 0 aliphatic heterocycles. The van der Waals surface area contributed by atoms with Gasteiger partial charge in [-0.3, -0.25) is 0 Å². The smallest absolute Gasteiger partial charge is 0.387 e. The van der Waals surface area contributed by atoms with Gasteiger partial charge < -0.3 is 10.1 Å². The summed E-state index contributed by atoms with van der Waals surface area (Å²) >= 11 is 9.24. The van der Waals surface area contributed by atoms with Crippen LogP contribution in [0.25, 0.3) is 0 Å². The Morgan fingerprint density at radius 2 is 1.85 bits per heavy atom. The lowest BCUT2D eigenvalue weighted by molar-refractivity contribution is -0.0497. The number of benzene rings is 2. The Balaban J connectivity index is 1.99. The third-order valence-corrected chi connectivity index (χ3v) is 3.38. The van der Waals surface area contributed by atoms with Crippen LogP contribution in [0.5, 0.6) is 5.75 Å². The van der Waals surface area contributed by atoms with Gasteiger partial charge in [-0.15, -0.1) is 0 Å². The van der Waals surface area contributed by atoms with Crippen LogP contribution >= 0.6 is 27.5 Å². The number of anilines is 1. The minimum atomic E-state index is -2.88. The summed E-state index contributed by atoms with van der Waals surface area (Å²) in [6.45, 7) is -2.27. The summed E-state index contributed by atoms with van der Waals surface area (Å²) in [7, 11) is 0. The van der Waals surface area contributed by atoms with Crippen LogP contribution in [0.4, 0.5) is 14.5 Å². The fraction of sp³-hybridized carbons (Fsp3) is 0.143. The number of halogens is 4. The molecule has 1 N–H and O–H groups in total. The molecule has 0 saturated carbocycles. The number of nitrogens with one attached hydrogen (secondary N) is 1. The molecule has 0 saturated heterocycles. The van der Waals surface area contributed by atoms with Crippen molar-refractivity contribution in [1.82, 2.24) is 0 Å². The number of hydrogen-bond acceptors (Lipinski definition) is 2. The molecule has 0 spiro atoms. The molecule has 0 atom stereocenters. The molecule has 0 aliphatic rings. The molecular weight excluding hydrogens is 352 g/mol. The highest BCUT2D eigenvalue weighted by atomic mass is 79.9. The zero-order chi connectivity index (χ0) is 14.5. The van der Waals surface area contributed by atoms with Gasteiger partial charge in [0.25, 0.3) is 0 Å². The van der Waals surface area contributed by atoms with Crippen molar-refractivity contribution in [1.29, 1.82) is 0 Å². The van der Waals surface area contributed by atoms with Crippen LogP contribution in [0.15, 0.2) is 46.9 Å². The van der Waals surface area contributed by atoms with Crippen molar-refractivity contribution >= 4 is 33.2 Å². The molecule has 0 bridgehead atoms. The Labute approximate surface area is 128 Å². The zero-order valence-corrected chi connectivity index (χ0v) is 12.6. The third kappa shape index (κ3) is 4.35. The van der Waals surface area contributed by atoms with E-state index in [4.69, 9.17) is 11.6 Å². The van der Waals surface area contributed by atoms with Gasteiger partial charge in [-0.25, -0.2) is 0 Å². The number of ether oxygens (including phenoxy) is 1. The second-order valence-corrected chi connectivity index (χ2v) is 5.33. The standard InChI is InChI=1S/C14H11BrClF2NO/c15-10-3-1-9(2-4-10)8-19-11-5-6-13(12(16)7-11)20-14(17)18/h1-7,14,19H,8H2. The third-order valence-electron chi connectivity index (χ3n) is 2.56. The second-order valence-electron chi connectivity index (χ2n) is 4.00. The quantitative estimate of drug-likeness (QED) is 0.777. The van der Waals surface area contributed by atoms with E-state index >= 15 is 0 Å². The number of rotatable bonds is 5. The van der Waals surface area contributed by atoms with Crippen LogP contribution < -0.4 is 10.1 Å². The lowest BCUT2D eigenvalue weighted by atomic mass is 10.2. The Morgan fingerprint density at radius 1 is 1.15 bits per heavy atom. The highest BCUT2D eigenvalue weighted by Crippen LogP contribution is 2.29. The summed E-state index contributed by atoms with van der Waals surface area (Å²) < 4.78 is 29.5. The van der Waals surface area contributed by atoms with Gasteiger partial charge in [0.05, 0.1) is 5.02 Å². The summed E-state index contributed by atoms with van der Waals surface area (Å²) in [6, 6.07) is 12.5. The van der Waals surface area contributed by atoms with Gasteiger partial charge in [-0.2, -0.15) is 8.78 Å². The molecule has 2 nitrogen and oxygen atoms in total.